The molecule has 1 aliphatic rings. The zero-order valence-electron chi connectivity index (χ0n) is 7.23. The number of ketones is 1. The molecule has 0 amide bonds. The fourth-order valence-electron chi connectivity index (χ4n) is 1.32. The van der Waals surface area contributed by atoms with E-state index in [9.17, 15) is 4.79 Å². The molecule has 0 aromatic carbocycles. The van der Waals surface area contributed by atoms with Crippen molar-refractivity contribution in [2.75, 3.05) is 13.1 Å². The highest BCUT2D eigenvalue weighted by molar-refractivity contribution is 5.78. The highest BCUT2D eigenvalue weighted by Gasteiger charge is 2.16. The normalized spacial score (nSPS) is 17.9. The molecule has 0 aromatic heterocycles. The number of hydrogen-bond donors (Lipinski definition) is 1. The molecular formula is C9H17NO. The second-order valence-electron chi connectivity index (χ2n) is 3.35. The zero-order valence-corrected chi connectivity index (χ0v) is 7.23. The lowest BCUT2D eigenvalue weighted by molar-refractivity contribution is -0.119. The van der Waals surface area contributed by atoms with Crippen molar-refractivity contribution < 1.29 is 4.79 Å². The molecule has 1 N–H and O–H groups in total. The van der Waals surface area contributed by atoms with Crippen molar-refractivity contribution in [1.29, 1.82) is 0 Å². The summed E-state index contributed by atoms with van der Waals surface area (Å²) in [5.41, 5.74) is 0. The smallest absolute Gasteiger partial charge is 0.132 e. The van der Waals surface area contributed by atoms with Gasteiger partial charge in [0.2, 0.25) is 0 Å². The second kappa shape index (κ2) is 4.50. The van der Waals surface area contributed by atoms with Crippen LogP contribution in [0.1, 0.15) is 32.6 Å². The molecule has 0 aliphatic carbocycles. The average Bonchev–Trinajstić information content (AvgIpc) is 1.85. The first-order valence-electron chi connectivity index (χ1n) is 4.55. The first-order valence-corrected chi connectivity index (χ1v) is 4.55. The third kappa shape index (κ3) is 3.02. The van der Waals surface area contributed by atoms with Crippen LogP contribution in [-0.2, 0) is 4.79 Å². The average molecular weight is 155 g/mol. The van der Waals surface area contributed by atoms with Crippen molar-refractivity contribution in [2.45, 2.75) is 32.6 Å². The van der Waals surface area contributed by atoms with Crippen molar-refractivity contribution in [3.05, 3.63) is 0 Å². The van der Waals surface area contributed by atoms with Crippen LogP contribution in [0.4, 0.5) is 0 Å². The van der Waals surface area contributed by atoms with Gasteiger partial charge in [0.05, 0.1) is 0 Å². The van der Waals surface area contributed by atoms with Gasteiger partial charge < -0.3 is 5.32 Å². The first-order chi connectivity index (χ1) is 5.33. The Morgan fingerprint density at radius 1 is 1.45 bits per heavy atom. The summed E-state index contributed by atoms with van der Waals surface area (Å²) in [6.07, 6.45) is 3.69. The van der Waals surface area contributed by atoms with Gasteiger partial charge in [-0.1, -0.05) is 6.92 Å². The monoisotopic (exact) mass is 155 g/mol. The van der Waals surface area contributed by atoms with Crippen LogP contribution in [-0.4, -0.2) is 18.9 Å². The van der Waals surface area contributed by atoms with Gasteiger partial charge in [0, 0.05) is 12.8 Å². The summed E-state index contributed by atoms with van der Waals surface area (Å²) in [7, 11) is 0. The Bertz CT molecular complexity index is 130. The standard InChI is InChI=1S/C9H17NO/c1-2-3-9(11)5-4-8-6-10-7-8/h8,10H,2-7H2,1H3. The first kappa shape index (κ1) is 8.72. The van der Waals surface area contributed by atoms with E-state index in [1.54, 1.807) is 0 Å². The van der Waals surface area contributed by atoms with Gasteiger partial charge in [-0.3, -0.25) is 4.79 Å². The fourth-order valence-corrected chi connectivity index (χ4v) is 1.32. The van der Waals surface area contributed by atoms with Gasteiger partial charge in [-0.15, -0.1) is 0 Å². The third-order valence-electron chi connectivity index (χ3n) is 2.23. The summed E-state index contributed by atoms with van der Waals surface area (Å²) in [5, 5.41) is 3.21. The molecule has 0 atom stereocenters. The fraction of sp³-hybridized carbons (Fsp3) is 0.889. The van der Waals surface area contributed by atoms with E-state index in [1.165, 1.54) is 0 Å². The zero-order chi connectivity index (χ0) is 8.10. The summed E-state index contributed by atoms with van der Waals surface area (Å²) in [6.45, 7) is 4.31. The van der Waals surface area contributed by atoms with Gasteiger partial charge in [-0.25, -0.2) is 0 Å². The summed E-state index contributed by atoms with van der Waals surface area (Å²) >= 11 is 0. The van der Waals surface area contributed by atoms with Crippen LogP contribution < -0.4 is 5.32 Å². The maximum absolute atomic E-state index is 11.1. The Morgan fingerprint density at radius 2 is 2.18 bits per heavy atom. The number of carbonyl (C=O) groups excluding carboxylic acids is 1. The SMILES string of the molecule is CCCC(=O)CCC1CNC1. The van der Waals surface area contributed by atoms with Gasteiger partial charge in [0.15, 0.2) is 0 Å². The predicted octanol–water partition coefficient (Wildman–Crippen LogP) is 1.36. The number of hydrogen-bond acceptors (Lipinski definition) is 2. The second-order valence-corrected chi connectivity index (χ2v) is 3.35. The van der Waals surface area contributed by atoms with Crippen LogP contribution in [0.15, 0.2) is 0 Å². The number of carbonyl (C=O) groups is 1. The molecule has 0 radical (unpaired) electrons. The number of Topliss-reactive ketones (excluding diaryl/α,β-unsaturated/α-hetero) is 1. The molecule has 11 heavy (non-hydrogen) atoms. The van der Waals surface area contributed by atoms with E-state index in [0.717, 1.165) is 44.7 Å². The van der Waals surface area contributed by atoms with Crippen LogP contribution in [0.3, 0.4) is 0 Å². The van der Waals surface area contributed by atoms with Crippen LogP contribution in [0.2, 0.25) is 0 Å². The van der Waals surface area contributed by atoms with E-state index in [2.05, 4.69) is 12.2 Å². The largest absolute Gasteiger partial charge is 0.316 e. The Balaban J connectivity index is 1.96. The minimum atomic E-state index is 0.444. The summed E-state index contributed by atoms with van der Waals surface area (Å²) in [4.78, 5) is 11.1. The highest BCUT2D eigenvalue weighted by atomic mass is 16.1. The summed E-state index contributed by atoms with van der Waals surface area (Å²) < 4.78 is 0. The minimum absolute atomic E-state index is 0.444. The van der Waals surface area contributed by atoms with E-state index in [-0.39, 0.29) is 0 Å². The highest BCUT2D eigenvalue weighted by Crippen LogP contribution is 2.11. The van der Waals surface area contributed by atoms with Crippen LogP contribution in [0, 0.1) is 5.92 Å². The van der Waals surface area contributed by atoms with Crippen molar-refractivity contribution >= 4 is 5.78 Å². The molecule has 1 rings (SSSR count). The van der Waals surface area contributed by atoms with Gasteiger partial charge in [0.25, 0.3) is 0 Å². The molecule has 1 aliphatic heterocycles. The molecule has 0 bridgehead atoms. The molecule has 0 aromatic rings. The Morgan fingerprint density at radius 3 is 2.64 bits per heavy atom. The molecule has 1 heterocycles. The molecular weight excluding hydrogens is 138 g/mol. The van der Waals surface area contributed by atoms with E-state index >= 15 is 0 Å². The summed E-state index contributed by atoms with van der Waals surface area (Å²) in [6, 6.07) is 0. The van der Waals surface area contributed by atoms with Gasteiger partial charge in [-0.05, 0) is 31.8 Å². The van der Waals surface area contributed by atoms with Crippen LogP contribution in [0.25, 0.3) is 0 Å². The number of nitrogens with one attached hydrogen (secondary N) is 1. The molecule has 0 saturated carbocycles. The van der Waals surface area contributed by atoms with Gasteiger partial charge in [-0.2, -0.15) is 0 Å². The lowest BCUT2D eigenvalue weighted by atomic mass is 9.95. The molecule has 2 heteroatoms. The third-order valence-corrected chi connectivity index (χ3v) is 2.23. The van der Waals surface area contributed by atoms with Crippen molar-refractivity contribution in [2.24, 2.45) is 5.92 Å². The predicted molar refractivity (Wildman–Crippen MR) is 45.5 cm³/mol. The van der Waals surface area contributed by atoms with Crippen molar-refractivity contribution in [3.8, 4) is 0 Å². The summed E-state index contributed by atoms with van der Waals surface area (Å²) in [5.74, 6) is 1.23. The van der Waals surface area contributed by atoms with Crippen LogP contribution in [0.5, 0.6) is 0 Å². The van der Waals surface area contributed by atoms with Crippen molar-refractivity contribution in [3.63, 3.8) is 0 Å². The van der Waals surface area contributed by atoms with E-state index in [1.807, 2.05) is 0 Å². The molecule has 1 saturated heterocycles. The molecule has 1 fully saturated rings. The Kier molecular flexibility index (Phi) is 3.57. The molecule has 2 nitrogen and oxygen atoms in total. The quantitative estimate of drug-likeness (QED) is 0.649. The Labute approximate surface area is 68.4 Å². The lowest BCUT2D eigenvalue weighted by Gasteiger charge is -2.26. The van der Waals surface area contributed by atoms with Crippen molar-refractivity contribution in [1.82, 2.24) is 5.32 Å². The molecule has 64 valence electrons. The van der Waals surface area contributed by atoms with E-state index in [0.29, 0.717) is 5.78 Å². The maximum atomic E-state index is 11.1. The maximum Gasteiger partial charge on any atom is 0.132 e. The Hall–Kier alpha value is -0.370. The molecule has 0 unspecified atom stereocenters. The minimum Gasteiger partial charge on any atom is -0.316 e. The molecule has 0 spiro atoms. The number of rotatable bonds is 5. The topological polar surface area (TPSA) is 29.1 Å². The lowest BCUT2D eigenvalue weighted by Crippen LogP contribution is -2.41. The van der Waals surface area contributed by atoms with Gasteiger partial charge >= 0.3 is 0 Å². The van der Waals surface area contributed by atoms with Crippen LogP contribution >= 0.6 is 0 Å². The van der Waals surface area contributed by atoms with Gasteiger partial charge in [0.1, 0.15) is 5.78 Å². The van der Waals surface area contributed by atoms with E-state index in [4.69, 9.17) is 0 Å². The van der Waals surface area contributed by atoms with E-state index < -0.39 is 0 Å².